The van der Waals surface area contributed by atoms with Crippen LogP contribution in [0.5, 0.6) is 11.5 Å². The van der Waals surface area contributed by atoms with Crippen LogP contribution in [0.3, 0.4) is 0 Å². The van der Waals surface area contributed by atoms with Gasteiger partial charge >= 0.3 is 0 Å². The molecule has 0 aliphatic carbocycles. The van der Waals surface area contributed by atoms with Crippen molar-refractivity contribution >= 4 is 11.6 Å². The van der Waals surface area contributed by atoms with E-state index < -0.39 is 0 Å². The van der Waals surface area contributed by atoms with Crippen LogP contribution < -0.4 is 20.5 Å². The van der Waals surface area contributed by atoms with Crippen LogP contribution in [0.4, 0.5) is 5.69 Å². The molecule has 1 amide bonds. The van der Waals surface area contributed by atoms with Gasteiger partial charge in [0, 0.05) is 18.3 Å². The second kappa shape index (κ2) is 6.86. The average molecular weight is 252 g/mol. The first-order valence-electron chi connectivity index (χ1n) is 5.89. The van der Waals surface area contributed by atoms with Crippen LogP contribution >= 0.6 is 0 Å². The van der Waals surface area contributed by atoms with Crippen LogP contribution in [-0.4, -0.2) is 26.7 Å². The molecule has 1 aromatic carbocycles. The molecule has 1 rings (SSSR count). The molecule has 1 aromatic rings. The second-order valence-corrected chi connectivity index (χ2v) is 3.90. The number of nitrogens with two attached hydrogens (primary N) is 1. The molecular weight excluding hydrogens is 232 g/mol. The Morgan fingerprint density at radius 1 is 1.33 bits per heavy atom. The van der Waals surface area contributed by atoms with Crippen LogP contribution in [-0.2, 0) is 4.79 Å². The van der Waals surface area contributed by atoms with Crippen molar-refractivity contribution in [3.05, 3.63) is 18.2 Å². The minimum Gasteiger partial charge on any atom is -0.493 e. The van der Waals surface area contributed by atoms with Gasteiger partial charge < -0.3 is 20.5 Å². The Bertz CT molecular complexity index is 403. The Labute approximate surface area is 107 Å². The molecule has 5 nitrogen and oxygen atoms in total. The topological polar surface area (TPSA) is 73.6 Å². The molecule has 1 atom stereocenters. The third kappa shape index (κ3) is 3.37. The molecule has 0 heterocycles. The van der Waals surface area contributed by atoms with Crippen molar-refractivity contribution in [1.29, 1.82) is 0 Å². The molecule has 3 N–H and O–H groups in total. The van der Waals surface area contributed by atoms with E-state index in [4.69, 9.17) is 15.2 Å². The van der Waals surface area contributed by atoms with Gasteiger partial charge in [-0.2, -0.15) is 0 Å². The highest BCUT2D eigenvalue weighted by Gasteiger charge is 2.15. The van der Waals surface area contributed by atoms with E-state index in [-0.39, 0.29) is 11.8 Å². The van der Waals surface area contributed by atoms with Crippen molar-refractivity contribution in [1.82, 2.24) is 0 Å². The lowest BCUT2D eigenvalue weighted by Gasteiger charge is -2.14. The van der Waals surface area contributed by atoms with Crippen molar-refractivity contribution in [3.8, 4) is 11.5 Å². The van der Waals surface area contributed by atoms with E-state index in [0.717, 1.165) is 6.42 Å². The zero-order chi connectivity index (χ0) is 13.5. The Kier molecular flexibility index (Phi) is 5.45. The van der Waals surface area contributed by atoms with Gasteiger partial charge in [-0.05, 0) is 18.6 Å². The third-order valence-corrected chi connectivity index (χ3v) is 2.80. The van der Waals surface area contributed by atoms with Crippen LogP contribution in [0.2, 0.25) is 0 Å². The van der Waals surface area contributed by atoms with Gasteiger partial charge in [0.15, 0.2) is 11.5 Å². The number of benzene rings is 1. The van der Waals surface area contributed by atoms with Crippen molar-refractivity contribution < 1.29 is 14.3 Å². The van der Waals surface area contributed by atoms with E-state index in [1.807, 2.05) is 6.92 Å². The van der Waals surface area contributed by atoms with Gasteiger partial charge in [-0.1, -0.05) is 6.92 Å². The normalized spacial score (nSPS) is 11.8. The maximum Gasteiger partial charge on any atom is 0.228 e. The van der Waals surface area contributed by atoms with Crippen LogP contribution in [0.1, 0.15) is 13.3 Å². The number of amides is 1. The summed E-state index contributed by atoms with van der Waals surface area (Å²) < 4.78 is 10.3. The van der Waals surface area contributed by atoms with Crippen molar-refractivity contribution in [2.24, 2.45) is 11.7 Å². The molecule has 0 aliphatic rings. The predicted molar refractivity (Wildman–Crippen MR) is 71.0 cm³/mol. The summed E-state index contributed by atoms with van der Waals surface area (Å²) in [5.74, 6) is 0.961. The van der Waals surface area contributed by atoms with Crippen molar-refractivity contribution in [3.63, 3.8) is 0 Å². The third-order valence-electron chi connectivity index (χ3n) is 2.80. The second-order valence-electron chi connectivity index (χ2n) is 3.90. The molecule has 0 saturated heterocycles. The molecule has 0 aromatic heterocycles. The molecule has 0 spiro atoms. The van der Waals surface area contributed by atoms with Crippen LogP contribution in [0.25, 0.3) is 0 Å². The Hall–Kier alpha value is -1.75. The number of anilines is 1. The summed E-state index contributed by atoms with van der Waals surface area (Å²) in [5, 5.41) is 2.82. The summed E-state index contributed by atoms with van der Waals surface area (Å²) in [7, 11) is 3.12. The first kappa shape index (κ1) is 14.3. The lowest BCUT2D eigenvalue weighted by atomic mass is 10.1. The molecule has 18 heavy (non-hydrogen) atoms. The van der Waals surface area contributed by atoms with E-state index in [0.29, 0.717) is 23.7 Å². The fourth-order valence-corrected chi connectivity index (χ4v) is 1.62. The highest BCUT2D eigenvalue weighted by molar-refractivity contribution is 5.93. The monoisotopic (exact) mass is 252 g/mol. The molecule has 1 unspecified atom stereocenters. The largest absolute Gasteiger partial charge is 0.493 e. The van der Waals surface area contributed by atoms with E-state index in [9.17, 15) is 4.79 Å². The fraction of sp³-hybridized carbons (Fsp3) is 0.462. The summed E-state index contributed by atoms with van der Waals surface area (Å²) in [6, 6.07) is 5.24. The van der Waals surface area contributed by atoms with Gasteiger partial charge in [0.05, 0.1) is 20.1 Å². The van der Waals surface area contributed by atoms with E-state index in [1.54, 1.807) is 32.4 Å². The van der Waals surface area contributed by atoms with Crippen LogP contribution in [0, 0.1) is 5.92 Å². The Morgan fingerprint density at radius 2 is 2.00 bits per heavy atom. The first-order valence-corrected chi connectivity index (χ1v) is 5.89. The molecular formula is C13H20N2O3. The zero-order valence-electron chi connectivity index (χ0n) is 11.0. The first-order chi connectivity index (χ1) is 8.65. The highest BCUT2D eigenvalue weighted by Crippen LogP contribution is 2.29. The lowest BCUT2D eigenvalue weighted by molar-refractivity contribution is -0.119. The number of hydrogen-bond acceptors (Lipinski definition) is 4. The van der Waals surface area contributed by atoms with E-state index >= 15 is 0 Å². The number of nitrogens with one attached hydrogen (secondary N) is 1. The quantitative estimate of drug-likeness (QED) is 0.807. The molecule has 0 radical (unpaired) electrons. The molecule has 5 heteroatoms. The molecule has 100 valence electrons. The zero-order valence-corrected chi connectivity index (χ0v) is 11.0. The number of methoxy groups -OCH3 is 2. The minimum atomic E-state index is -0.168. The van der Waals surface area contributed by atoms with Gasteiger partial charge in [-0.3, -0.25) is 4.79 Å². The maximum atomic E-state index is 11.9. The lowest BCUT2D eigenvalue weighted by Crippen LogP contribution is -2.28. The Morgan fingerprint density at radius 3 is 2.50 bits per heavy atom. The van der Waals surface area contributed by atoms with Gasteiger partial charge in [-0.25, -0.2) is 0 Å². The highest BCUT2D eigenvalue weighted by atomic mass is 16.5. The molecule has 0 bridgehead atoms. The molecule has 0 saturated carbocycles. The number of hydrogen-bond donors (Lipinski definition) is 2. The summed E-state index contributed by atoms with van der Waals surface area (Å²) in [5.41, 5.74) is 6.20. The number of carbonyl (C=O) groups is 1. The number of carbonyl (C=O) groups excluding carboxylic acids is 1. The standard InChI is InChI=1S/C13H20N2O3/c1-4-9(8-14)13(16)15-10-5-6-11(17-2)12(7-10)18-3/h5-7,9H,4,8,14H2,1-3H3,(H,15,16). The van der Waals surface area contributed by atoms with Gasteiger partial charge in [0.1, 0.15) is 0 Å². The Balaban J connectivity index is 2.82. The SMILES string of the molecule is CCC(CN)C(=O)Nc1ccc(OC)c(OC)c1. The van der Waals surface area contributed by atoms with Crippen molar-refractivity contribution in [2.75, 3.05) is 26.1 Å². The van der Waals surface area contributed by atoms with Gasteiger partial charge in [-0.15, -0.1) is 0 Å². The predicted octanol–water partition coefficient (Wildman–Crippen LogP) is 1.63. The smallest absolute Gasteiger partial charge is 0.228 e. The maximum absolute atomic E-state index is 11.9. The average Bonchev–Trinajstić information content (AvgIpc) is 2.40. The molecule has 0 aliphatic heterocycles. The van der Waals surface area contributed by atoms with E-state index in [1.165, 1.54) is 0 Å². The van der Waals surface area contributed by atoms with Gasteiger partial charge in [0.25, 0.3) is 0 Å². The summed E-state index contributed by atoms with van der Waals surface area (Å²) in [6.45, 7) is 2.28. The summed E-state index contributed by atoms with van der Waals surface area (Å²) in [4.78, 5) is 11.9. The molecule has 0 fully saturated rings. The minimum absolute atomic E-state index is 0.0766. The summed E-state index contributed by atoms with van der Waals surface area (Å²) in [6.07, 6.45) is 0.718. The number of ether oxygens (including phenoxy) is 2. The van der Waals surface area contributed by atoms with E-state index in [2.05, 4.69) is 5.32 Å². The van der Waals surface area contributed by atoms with Crippen LogP contribution in [0.15, 0.2) is 18.2 Å². The number of rotatable bonds is 6. The van der Waals surface area contributed by atoms with Gasteiger partial charge in [0.2, 0.25) is 5.91 Å². The van der Waals surface area contributed by atoms with Crippen molar-refractivity contribution in [2.45, 2.75) is 13.3 Å². The fourth-order valence-electron chi connectivity index (χ4n) is 1.62. The summed E-state index contributed by atoms with van der Waals surface area (Å²) >= 11 is 0.